The number of nitro benzene ring substituents is 1. The zero-order chi connectivity index (χ0) is 14.8. The number of nitrogens with zero attached hydrogens (tertiary/aromatic N) is 1. The first-order chi connectivity index (χ1) is 8.72. The Morgan fingerprint density at radius 1 is 1.20 bits per heavy atom. The normalized spacial score (nSPS) is 12.3. The summed E-state index contributed by atoms with van der Waals surface area (Å²) in [6, 6.07) is 2.44. The summed E-state index contributed by atoms with van der Waals surface area (Å²) in [7, 11) is 2.92. The Kier molecular flexibility index (Phi) is 6.25. The average Bonchev–Trinajstić information content (AvgIpc) is 2.34. The Morgan fingerprint density at radius 2 is 1.65 bits per heavy atom. The molecule has 0 amide bonds. The third-order valence-corrected chi connectivity index (χ3v) is 3.00. The molecular weight excluding hydrogens is 284 g/mol. The fraction of sp³-hybridized carbons (Fsp3) is 0.538. The monoisotopic (exact) mass is 304 g/mol. The van der Waals surface area contributed by atoms with Gasteiger partial charge in [0, 0.05) is 6.04 Å². The molecule has 1 atom stereocenters. The van der Waals surface area contributed by atoms with Crippen molar-refractivity contribution in [2.75, 3.05) is 14.2 Å². The topological polar surface area (TPSA) is 87.6 Å². The molecule has 0 spiro atoms. The third kappa shape index (κ3) is 3.74. The number of benzene rings is 1. The maximum absolute atomic E-state index is 11.2. The third-order valence-electron chi connectivity index (χ3n) is 3.00. The van der Waals surface area contributed by atoms with Gasteiger partial charge < -0.3 is 15.2 Å². The summed E-state index contributed by atoms with van der Waals surface area (Å²) in [6.45, 7) is 5.79. The molecule has 0 fully saturated rings. The Bertz CT molecular complexity index is 486. The van der Waals surface area contributed by atoms with Crippen LogP contribution in [0.15, 0.2) is 12.1 Å². The molecule has 0 saturated heterocycles. The minimum absolute atomic E-state index is 0. The highest BCUT2D eigenvalue weighted by Gasteiger charge is 2.30. The van der Waals surface area contributed by atoms with Crippen LogP contribution in [0.1, 0.15) is 32.4 Å². The number of rotatable bonds is 4. The van der Waals surface area contributed by atoms with Crippen LogP contribution < -0.4 is 15.2 Å². The van der Waals surface area contributed by atoms with E-state index in [2.05, 4.69) is 0 Å². The maximum Gasteiger partial charge on any atom is 0.278 e. The molecule has 0 heterocycles. The van der Waals surface area contributed by atoms with Crippen LogP contribution >= 0.6 is 12.4 Å². The lowest BCUT2D eigenvalue weighted by atomic mass is 9.82. The second kappa shape index (κ2) is 6.76. The first kappa shape index (κ1) is 18.5. The van der Waals surface area contributed by atoms with E-state index in [9.17, 15) is 10.1 Å². The van der Waals surface area contributed by atoms with Crippen molar-refractivity contribution in [1.82, 2.24) is 0 Å². The molecule has 7 heteroatoms. The Hall–Kier alpha value is -1.53. The van der Waals surface area contributed by atoms with Gasteiger partial charge in [0.05, 0.1) is 30.8 Å². The molecule has 1 aromatic carbocycles. The van der Waals surface area contributed by atoms with Crippen LogP contribution in [0.3, 0.4) is 0 Å². The highest BCUT2D eigenvalue weighted by molar-refractivity contribution is 5.85. The van der Waals surface area contributed by atoms with Gasteiger partial charge >= 0.3 is 0 Å². The molecule has 1 aromatic rings. The van der Waals surface area contributed by atoms with Crippen LogP contribution in [0.2, 0.25) is 0 Å². The van der Waals surface area contributed by atoms with Crippen molar-refractivity contribution >= 4 is 18.1 Å². The van der Waals surface area contributed by atoms with Crippen LogP contribution in [0.25, 0.3) is 0 Å². The smallest absolute Gasteiger partial charge is 0.278 e. The van der Waals surface area contributed by atoms with Crippen molar-refractivity contribution in [3.8, 4) is 11.5 Å². The highest BCUT2D eigenvalue weighted by atomic mass is 35.5. The van der Waals surface area contributed by atoms with Crippen molar-refractivity contribution in [3.63, 3.8) is 0 Å². The van der Waals surface area contributed by atoms with E-state index in [1.807, 2.05) is 20.8 Å². The summed E-state index contributed by atoms with van der Waals surface area (Å²) >= 11 is 0. The van der Waals surface area contributed by atoms with E-state index in [-0.39, 0.29) is 23.5 Å². The number of methoxy groups -OCH3 is 2. The molecule has 0 unspecified atom stereocenters. The van der Waals surface area contributed by atoms with Crippen LogP contribution in [0, 0.1) is 15.5 Å². The molecular formula is C13H21ClN2O4. The second-order valence-electron chi connectivity index (χ2n) is 5.37. The number of halogens is 1. The quantitative estimate of drug-likeness (QED) is 0.682. The molecule has 20 heavy (non-hydrogen) atoms. The van der Waals surface area contributed by atoms with Crippen molar-refractivity contribution in [2.45, 2.75) is 26.8 Å². The van der Waals surface area contributed by atoms with Crippen molar-refractivity contribution in [2.24, 2.45) is 11.1 Å². The maximum atomic E-state index is 11.2. The van der Waals surface area contributed by atoms with Crippen LogP contribution in [-0.2, 0) is 0 Å². The van der Waals surface area contributed by atoms with Crippen LogP contribution in [0.4, 0.5) is 5.69 Å². The Labute approximate surface area is 124 Å². The summed E-state index contributed by atoms with van der Waals surface area (Å²) in [6.07, 6.45) is 0. The van der Waals surface area contributed by atoms with Crippen molar-refractivity contribution < 1.29 is 14.4 Å². The lowest BCUT2D eigenvalue weighted by Crippen LogP contribution is -2.27. The molecule has 2 N–H and O–H groups in total. The van der Waals surface area contributed by atoms with Gasteiger partial charge in [0.15, 0.2) is 11.5 Å². The summed E-state index contributed by atoms with van der Waals surface area (Å²) in [4.78, 5) is 10.7. The Morgan fingerprint density at radius 3 is 2.00 bits per heavy atom. The summed E-state index contributed by atoms with van der Waals surface area (Å²) < 4.78 is 10.2. The van der Waals surface area contributed by atoms with Gasteiger partial charge in [-0.05, 0) is 11.5 Å². The van der Waals surface area contributed by atoms with Gasteiger partial charge in [0.2, 0.25) is 0 Å². The average molecular weight is 305 g/mol. The molecule has 0 aliphatic heterocycles. The molecule has 1 rings (SSSR count). The van der Waals surface area contributed by atoms with Gasteiger partial charge in [-0.15, -0.1) is 12.4 Å². The van der Waals surface area contributed by atoms with Crippen molar-refractivity contribution in [1.29, 1.82) is 0 Å². The zero-order valence-corrected chi connectivity index (χ0v) is 13.1. The molecule has 6 nitrogen and oxygen atoms in total. The van der Waals surface area contributed by atoms with E-state index in [0.29, 0.717) is 17.1 Å². The SMILES string of the molecule is COc1cc([C@H](N)C(C)(C)C)c([N+](=O)[O-])cc1OC.Cl. The van der Waals surface area contributed by atoms with E-state index in [4.69, 9.17) is 15.2 Å². The van der Waals surface area contributed by atoms with Gasteiger partial charge in [-0.2, -0.15) is 0 Å². The predicted octanol–water partition coefficient (Wildman–Crippen LogP) is 3.08. The molecule has 114 valence electrons. The van der Waals surface area contributed by atoms with E-state index < -0.39 is 11.0 Å². The zero-order valence-electron chi connectivity index (χ0n) is 12.3. The van der Waals surface area contributed by atoms with Crippen LogP contribution in [-0.4, -0.2) is 19.1 Å². The van der Waals surface area contributed by atoms with Gasteiger partial charge in [-0.1, -0.05) is 20.8 Å². The number of ether oxygens (including phenoxy) is 2. The first-order valence-corrected chi connectivity index (χ1v) is 5.88. The van der Waals surface area contributed by atoms with Crippen LogP contribution in [0.5, 0.6) is 11.5 Å². The molecule has 0 radical (unpaired) electrons. The summed E-state index contributed by atoms with van der Waals surface area (Å²) in [5.74, 6) is 0.752. The van der Waals surface area contributed by atoms with Gasteiger partial charge in [0.1, 0.15) is 0 Å². The Balaban J connectivity index is 0.00000361. The molecule has 0 aromatic heterocycles. The first-order valence-electron chi connectivity index (χ1n) is 5.88. The standard InChI is InChI=1S/C13H20N2O4.ClH/c1-13(2,3)12(14)8-6-10(18-4)11(19-5)7-9(8)15(16)17;/h6-7,12H,14H2,1-5H3;1H/t12-;/m0./s1. The lowest BCUT2D eigenvalue weighted by molar-refractivity contribution is -0.386. The van der Waals surface area contributed by atoms with E-state index in [0.717, 1.165) is 0 Å². The van der Waals surface area contributed by atoms with E-state index >= 15 is 0 Å². The van der Waals surface area contributed by atoms with E-state index in [1.165, 1.54) is 20.3 Å². The lowest BCUT2D eigenvalue weighted by Gasteiger charge is -2.27. The largest absolute Gasteiger partial charge is 0.493 e. The van der Waals surface area contributed by atoms with Crippen molar-refractivity contribution in [3.05, 3.63) is 27.8 Å². The fourth-order valence-corrected chi connectivity index (χ4v) is 1.76. The van der Waals surface area contributed by atoms with Gasteiger partial charge in [-0.3, -0.25) is 10.1 Å². The fourth-order valence-electron chi connectivity index (χ4n) is 1.76. The molecule has 0 aliphatic carbocycles. The summed E-state index contributed by atoms with van der Waals surface area (Å²) in [5.41, 5.74) is 6.21. The number of nitro groups is 1. The van der Waals surface area contributed by atoms with Gasteiger partial charge in [-0.25, -0.2) is 0 Å². The minimum atomic E-state index is -0.479. The molecule has 0 saturated carbocycles. The predicted molar refractivity (Wildman–Crippen MR) is 79.8 cm³/mol. The second-order valence-corrected chi connectivity index (χ2v) is 5.37. The highest BCUT2D eigenvalue weighted by Crippen LogP contribution is 2.41. The summed E-state index contributed by atoms with van der Waals surface area (Å²) in [5, 5.41) is 11.2. The number of hydrogen-bond acceptors (Lipinski definition) is 5. The van der Waals surface area contributed by atoms with E-state index in [1.54, 1.807) is 6.07 Å². The van der Waals surface area contributed by atoms with Gasteiger partial charge in [0.25, 0.3) is 5.69 Å². The number of hydrogen-bond donors (Lipinski definition) is 1. The molecule has 0 bridgehead atoms. The molecule has 0 aliphatic rings. The minimum Gasteiger partial charge on any atom is -0.493 e. The number of nitrogens with two attached hydrogens (primary N) is 1.